The first-order chi connectivity index (χ1) is 9.28. The van der Waals surface area contributed by atoms with Crippen molar-refractivity contribution < 1.29 is 9.15 Å². The highest BCUT2D eigenvalue weighted by Gasteiger charge is 2.12. The molecule has 0 radical (unpaired) electrons. The Labute approximate surface area is 115 Å². The molecule has 5 heteroatoms. The highest BCUT2D eigenvalue weighted by atomic mass is 35.5. The lowest BCUT2D eigenvalue weighted by Gasteiger charge is -2.06. The van der Waals surface area contributed by atoms with Crippen LogP contribution in [0.4, 0.5) is 0 Å². The molecule has 3 rings (SSSR count). The number of hydrogen-bond acceptors (Lipinski definition) is 3. The monoisotopic (exact) mass is 276 g/mol. The molecule has 0 aliphatic rings. The van der Waals surface area contributed by atoms with E-state index in [1.807, 2.05) is 30.3 Å². The van der Waals surface area contributed by atoms with Crippen LogP contribution < -0.4 is 0 Å². The van der Waals surface area contributed by atoms with E-state index in [1.165, 1.54) is 0 Å². The molecule has 2 heterocycles. The number of rotatable bonds is 4. The smallest absolute Gasteiger partial charge is 0.136 e. The van der Waals surface area contributed by atoms with Crippen molar-refractivity contribution in [1.29, 1.82) is 0 Å². The van der Waals surface area contributed by atoms with E-state index in [9.17, 15) is 0 Å². The van der Waals surface area contributed by atoms with Gasteiger partial charge in [0.25, 0.3) is 0 Å². The summed E-state index contributed by atoms with van der Waals surface area (Å²) in [5.74, 6) is 1.74. The second kappa shape index (κ2) is 5.07. The fourth-order valence-corrected chi connectivity index (χ4v) is 2.29. The van der Waals surface area contributed by atoms with Gasteiger partial charge in [0.15, 0.2) is 0 Å². The summed E-state index contributed by atoms with van der Waals surface area (Å²) in [4.78, 5) is 4.56. The Hall–Kier alpha value is -1.78. The first kappa shape index (κ1) is 12.3. The first-order valence-electron chi connectivity index (χ1n) is 5.94. The minimum Gasteiger partial charge on any atom is -0.467 e. The van der Waals surface area contributed by atoms with Crippen molar-refractivity contribution in [3.05, 3.63) is 53.2 Å². The molecule has 2 aromatic heterocycles. The van der Waals surface area contributed by atoms with E-state index < -0.39 is 0 Å². The maximum Gasteiger partial charge on any atom is 0.136 e. The maximum atomic E-state index is 6.00. The number of fused-ring (bicyclic) bond motifs is 1. The molecule has 0 bridgehead atoms. The molecule has 0 fully saturated rings. The van der Waals surface area contributed by atoms with Crippen molar-refractivity contribution in [2.24, 2.45) is 0 Å². The Morgan fingerprint density at radius 2 is 2.26 bits per heavy atom. The largest absolute Gasteiger partial charge is 0.467 e. The van der Waals surface area contributed by atoms with Gasteiger partial charge in [-0.2, -0.15) is 0 Å². The molecular formula is C14H13ClN2O2. The van der Waals surface area contributed by atoms with Gasteiger partial charge >= 0.3 is 0 Å². The van der Waals surface area contributed by atoms with Gasteiger partial charge < -0.3 is 13.7 Å². The molecule has 0 spiro atoms. The summed E-state index contributed by atoms with van der Waals surface area (Å²) < 4.78 is 12.7. The Bertz CT molecular complexity index is 689. The Morgan fingerprint density at radius 3 is 3.00 bits per heavy atom. The fourth-order valence-electron chi connectivity index (χ4n) is 2.13. The lowest BCUT2D eigenvalue weighted by Crippen LogP contribution is -2.05. The van der Waals surface area contributed by atoms with Gasteiger partial charge in [-0.1, -0.05) is 11.6 Å². The zero-order chi connectivity index (χ0) is 13.2. The molecule has 0 atom stereocenters. The van der Waals surface area contributed by atoms with E-state index in [0.29, 0.717) is 18.2 Å². The third-order valence-corrected chi connectivity index (χ3v) is 3.19. The van der Waals surface area contributed by atoms with Crippen LogP contribution in [0, 0.1) is 0 Å². The normalized spacial score (nSPS) is 11.3. The molecule has 0 unspecified atom stereocenters. The van der Waals surface area contributed by atoms with Gasteiger partial charge in [-0.15, -0.1) is 0 Å². The molecule has 19 heavy (non-hydrogen) atoms. The highest BCUT2D eigenvalue weighted by Crippen LogP contribution is 2.22. The number of imidazole rings is 1. The van der Waals surface area contributed by atoms with Gasteiger partial charge in [0.05, 0.1) is 23.8 Å². The minimum atomic E-state index is 0.451. The molecular weight excluding hydrogens is 264 g/mol. The van der Waals surface area contributed by atoms with E-state index in [4.69, 9.17) is 20.8 Å². The van der Waals surface area contributed by atoms with Gasteiger partial charge in [0.2, 0.25) is 0 Å². The Balaban J connectivity index is 2.10. The predicted octanol–water partition coefficient (Wildman–Crippen LogP) is 3.48. The zero-order valence-corrected chi connectivity index (χ0v) is 11.2. The number of methoxy groups -OCH3 is 1. The van der Waals surface area contributed by atoms with Crippen molar-refractivity contribution >= 4 is 22.6 Å². The first-order valence-corrected chi connectivity index (χ1v) is 6.31. The zero-order valence-electron chi connectivity index (χ0n) is 10.5. The summed E-state index contributed by atoms with van der Waals surface area (Å²) in [6, 6.07) is 9.50. The topological polar surface area (TPSA) is 40.2 Å². The lowest BCUT2D eigenvalue weighted by molar-refractivity contribution is 0.175. The molecule has 0 saturated heterocycles. The molecule has 0 aliphatic heterocycles. The summed E-state index contributed by atoms with van der Waals surface area (Å²) in [6.45, 7) is 1.08. The van der Waals surface area contributed by atoms with Crippen LogP contribution in [0.25, 0.3) is 11.0 Å². The van der Waals surface area contributed by atoms with Crippen molar-refractivity contribution in [2.75, 3.05) is 7.11 Å². The van der Waals surface area contributed by atoms with Gasteiger partial charge in [0, 0.05) is 12.1 Å². The summed E-state index contributed by atoms with van der Waals surface area (Å²) in [6.07, 6.45) is 1.67. The average Bonchev–Trinajstić information content (AvgIpc) is 2.99. The molecule has 0 amide bonds. The number of furan rings is 1. The molecule has 0 aliphatic carbocycles. The summed E-state index contributed by atoms with van der Waals surface area (Å²) >= 11 is 6.00. The van der Waals surface area contributed by atoms with Crippen LogP contribution in [0.5, 0.6) is 0 Å². The number of hydrogen-bond donors (Lipinski definition) is 0. The van der Waals surface area contributed by atoms with Crippen LogP contribution in [0.2, 0.25) is 5.02 Å². The Morgan fingerprint density at radius 1 is 1.37 bits per heavy atom. The number of aromatic nitrogens is 2. The van der Waals surface area contributed by atoms with E-state index >= 15 is 0 Å². The van der Waals surface area contributed by atoms with Crippen molar-refractivity contribution in [1.82, 2.24) is 9.55 Å². The van der Waals surface area contributed by atoms with Crippen molar-refractivity contribution in [3.8, 4) is 0 Å². The molecule has 1 aromatic carbocycles. The quantitative estimate of drug-likeness (QED) is 0.732. The van der Waals surface area contributed by atoms with Crippen LogP contribution in [0.3, 0.4) is 0 Å². The molecule has 0 saturated carbocycles. The van der Waals surface area contributed by atoms with E-state index in [0.717, 1.165) is 22.6 Å². The van der Waals surface area contributed by atoms with E-state index in [2.05, 4.69) is 9.55 Å². The van der Waals surface area contributed by atoms with E-state index in [1.54, 1.807) is 13.4 Å². The van der Waals surface area contributed by atoms with Gasteiger partial charge in [-0.05, 0) is 30.3 Å². The van der Waals surface area contributed by atoms with Crippen LogP contribution in [-0.2, 0) is 17.9 Å². The Kier molecular flexibility index (Phi) is 3.27. The highest BCUT2D eigenvalue weighted by molar-refractivity contribution is 6.31. The molecule has 4 nitrogen and oxygen atoms in total. The van der Waals surface area contributed by atoms with Gasteiger partial charge in [0.1, 0.15) is 18.2 Å². The van der Waals surface area contributed by atoms with E-state index in [-0.39, 0.29) is 0 Å². The van der Waals surface area contributed by atoms with Crippen molar-refractivity contribution in [3.63, 3.8) is 0 Å². The number of halogens is 1. The van der Waals surface area contributed by atoms with Crippen LogP contribution in [-0.4, -0.2) is 16.7 Å². The fraction of sp³-hybridized carbons (Fsp3) is 0.214. The second-order valence-corrected chi connectivity index (χ2v) is 4.70. The molecule has 3 aromatic rings. The SMILES string of the molecule is COCc1nc2cc(Cl)ccc2n1Cc1ccco1. The molecule has 98 valence electrons. The third kappa shape index (κ3) is 2.37. The maximum absolute atomic E-state index is 6.00. The molecule has 0 N–H and O–H groups in total. The van der Waals surface area contributed by atoms with Crippen LogP contribution in [0.1, 0.15) is 11.6 Å². The number of nitrogens with zero attached hydrogens (tertiary/aromatic N) is 2. The number of ether oxygens (including phenoxy) is 1. The predicted molar refractivity (Wildman–Crippen MR) is 73.3 cm³/mol. The average molecular weight is 277 g/mol. The summed E-state index contributed by atoms with van der Waals surface area (Å²) in [5.41, 5.74) is 1.89. The van der Waals surface area contributed by atoms with Crippen LogP contribution in [0.15, 0.2) is 41.0 Å². The summed E-state index contributed by atoms with van der Waals surface area (Å²) in [5, 5.41) is 0.680. The summed E-state index contributed by atoms with van der Waals surface area (Å²) in [7, 11) is 1.66. The number of benzene rings is 1. The third-order valence-electron chi connectivity index (χ3n) is 2.96. The second-order valence-electron chi connectivity index (χ2n) is 4.26. The minimum absolute atomic E-state index is 0.451. The van der Waals surface area contributed by atoms with Crippen molar-refractivity contribution in [2.45, 2.75) is 13.2 Å². The van der Waals surface area contributed by atoms with Gasteiger partial charge in [-0.25, -0.2) is 4.98 Å². The lowest BCUT2D eigenvalue weighted by atomic mass is 10.3. The van der Waals surface area contributed by atoms with Crippen LogP contribution >= 0.6 is 11.6 Å². The standard InChI is InChI=1S/C14H13ClN2O2/c1-18-9-14-16-12-7-10(15)4-5-13(12)17(14)8-11-3-2-6-19-11/h2-7H,8-9H2,1H3. The van der Waals surface area contributed by atoms with Gasteiger partial charge in [-0.3, -0.25) is 0 Å².